The Morgan fingerprint density at radius 3 is 2.79 bits per heavy atom. The molecule has 0 unspecified atom stereocenters. The second kappa shape index (κ2) is 8.85. The van der Waals surface area contributed by atoms with Crippen LogP contribution in [0, 0.1) is 14.9 Å². The van der Waals surface area contributed by atoms with Crippen LogP contribution in [0.15, 0.2) is 52.5 Å². The van der Waals surface area contributed by atoms with Crippen LogP contribution in [0.4, 0.5) is 5.69 Å². The van der Waals surface area contributed by atoms with Crippen LogP contribution in [-0.4, -0.2) is 12.5 Å². The summed E-state index contributed by atoms with van der Waals surface area (Å²) in [5, 5.41) is 12.0. The first-order valence-corrected chi connectivity index (χ1v) is 9.01. The second-order valence-corrected chi connectivity index (χ2v) is 6.84. The van der Waals surface area contributed by atoms with E-state index in [0.29, 0.717) is 12.3 Å². The van der Waals surface area contributed by atoms with E-state index in [1.165, 1.54) is 0 Å². The number of nitrogens with one attached hydrogen (secondary N) is 1. The molecule has 0 spiro atoms. The Kier molecular flexibility index (Phi) is 6.82. The lowest BCUT2D eigenvalue weighted by Crippen LogP contribution is -2.13. The predicted octanol–water partition coefficient (Wildman–Crippen LogP) is 5.00. The predicted molar refractivity (Wildman–Crippen MR) is 107 cm³/mol. The molecule has 24 heavy (non-hydrogen) atoms. The van der Waals surface area contributed by atoms with Crippen LogP contribution >= 0.6 is 38.5 Å². The van der Waals surface area contributed by atoms with Gasteiger partial charge in [0.25, 0.3) is 5.91 Å². The van der Waals surface area contributed by atoms with Gasteiger partial charge in [0.2, 0.25) is 0 Å². The molecule has 2 aromatic carbocycles. The van der Waals surface area contributed by atoms with Crippen molar-refractivity contribution >= 4 is 56.2 Å². The molecule has 1 amide bonds. The number of ether oxygens (including phenoxy) is 1. The van der Waals surface area contributed by atoms with E-state index in [9.17, 15) is 10.1 Å². The van der Waals surface area contributed by atoms with Crippen molar-refractivity contribution in [2.75, 3.05) is 11.9 Å². The molecule has 0 aromatic heterocycles. The maximum atomic E-state index is 12.3. The van der Waals surface area contributed by atoms with E-state index in [1.807, 2.05) is 43.3 Å². The van der Waals surface area contributed by atoms with Gasteiger partial charge in [0, 0.05) is 10.2 Å². The van der Waals surface area contributed by atoms with Gasteiger partial charge in [-0.3, -0.25) is 4.79 Å². The fraction of sp³-hybridized carbons (Fsp3) is 0.111. The Bertz CT molecular complexity index is 828. The maximum Gasteiger partial charge on any atom is 0.266 e. The van der Waals surface area contributed by atoms with Crippen LogP contribution in [0.25, 0.3) is 6.08 Å². The third-order valence-corrected chi connectivity index (χ3v) is 4.35. The van der Waals surface area contributed by atoms with Crippen molar-refractivity contribution < 1.29 is 9.53 Å². The van der Waals surface area contributed by atoms with Crippen LogP contribution in [-0.2, 0) is 4.79 Å². The number of hydrogen-bond donors (Lipinski definition) is 1. The lowest BCUT2D eigenvalue weighted by molar-refractivity contribution is -0.112. The first kappa shape index (κ1) is 18.5. The highest BCUT2D eigenvalue weighted by Gasteiger charge is 2.10. The molecule has 0 aliphatic carbocycles. The number of nitriles is 1. The summed E-state index contributed by atoms with van der Waals surface area (Å²) >= 11 is 5.51. The van der Waals surface area contributed by atoms with Gasteiger partial charge < -0.3 is 10.1 Å². The molecule has 0 radical (unpaired) electrons. The highest BCUT2D eigenvalue weighted by atomic mass is 127. The molecule has 0 saturated carbocycles. The largest absolute Gasteiger partial charge is 0.493 e. The van der Waals surface area contributed by atoms with E-state index in [0.717, 1.165) is 19.4 Å². The minimum Gasteiger partial charge on any atom is -0.493 e. The molecule has 0 atom stereocenters. The van der Waals surface area contributed by atoms with Gasteiger partial charge in [0.15, 0.2) is 0 Å². The fourth-order valence-electron chi connectivity index (χ4n) is 1.96. The van der Waals surface area contributed by atoms with Gasteiger partial charge in [-0.05, 0) is 71.5 Å². The lowest BCUT2D eigenvalue weighted by Gasteiger charge is -2.07. The Hall–Kier alpha value is -1.85. The van der Waals surface area contributed by atoms with Gasteiger partial charge in [-0.1, -0.05) is 28.1 Å². The quantitative estimate of drug-likeness (QED) is 0.360. The lowest BCUT2D eigenvalue weighted by atomic mass is 10.1. The number of amides is 1. The molecule has 4 nitrogen and oxygen atoms in total. The Labute approximate surface area is 162 Å². The Morgan fingerprint density at radius 1 is 1.38 bits per heavy atom. The van der Waals surface area contributed by atoms with Gasteiger partial charge in [-0.25, -0.2) is 0 Å². The minimum absolute atomic E-state index is 0.0370. The summed E-state index contributed by atoms with van der Waals surface area (Å²) in [6.45, 7) is 2.51. The molecule has 0 aliphatic heterocycles. The first-order chi connectivity index (χ1) is 11.5. The van der Waals surface area contributed by atoms with Crippen molar-refractivity contribution in [1.82, 2.24) is 0 Å². The molecule has 1 N–H and O–H groups in total. The van der Waals surface area contributed by atoms with E-state index in [4.69, 9.17) is 4.74 Å². The molecule has 0 aliphatic rings. The Balaban J connectivity index is 2.21. The number of halogens is 2. The molecular formula is C18H14BrIN2O2. The van der Waals surface area contributed by atoms with Gasteiger partial charge in [0.05, 0.1) is 10.2 Å². The molecule has 2 aromatic rings. The van der Waals surface area contributed by atoms with Crippen molar-refractivity contribution in [3.63, 3.8) is 0 Å². The molecule has 2 rings (SSSR count). The van der Waals surface area contributed by atoms with E-state index in [2.05, 4.69) is 43.8 Å². The highest BCUT2D eigenvalue weighted by Crippen LogP contribution is 2.23. The summed E-state index contributed by atoms with van der Waals surface area (Å²) in [7, 11) is 0. The number of carbonyl (C=O) groups excluding carboxylic acids is 1. The fourth-order valence-corrected chi connectivity index (χ4v) is 3.05. The first-order valence-electron chi connectivity index (χ1n) is 7.14. The number of rotatable bonds is 5. The summed E-state index contributed by atoms with van der Waals surface area (Å²) in [5.41, 5.74) is 1.43. The standard InChI is InChI=1S/C18H14BrIN2O2/c1-2-24-17-7-6-12(9-16(17)20)8-13(11-21)18(23)22-15-5-3-4-14(19)10-15/h3-10H,2H2,1H3,(H,22,23). The summed E-state index contributed by atoms with van der Waals surface area (Å²) in [6, 6.07) is 14.7. The summed E-state index contributed by atoms with van der Waals surface area (Å²) in [5.74, 6) is 0.340. The van der Waals surface area contributed by atoms with Crippen molar-refractivity contribution in [2.24, 2.45) is 0 Å². The average Bonchev–Trinajstić information content (AvgIpc) is 2.55. The van der Waals surface area contributed by atoms with Gasteiger partial charge >= 0.3 is 0 Å². The third kappa shape index (κ3) is 5.08. The van der Waals surface area contributed by atoms with Gasteiger partial charge in [0.1, 0.15) is 17.4 Å². The molecule has 0 heterocycles. The molecular weight excluding hydrogens is 483 g/mol. The van der Waals surface area contributed by atoms with Gasteiger partial charge in [-0.15, -0.1) is 0 Å². The third-order valence-electron chi connectivity index (χ3n) is 3.01. The van der Waals surface area contributed by atoms with Crippen LogP contribution < -0.4 is 10.1 Å². The number of benzene rings is 2. The monoisotopic (exact) mass is 496 g/mol. The molecule has 0 saturated heterocycles. The average molecular weight is 497 g/mol. The highest BCUT2D eigenvalue weighted by molar-refractivity contribution is 14.1. The van der Waals surface area contributed by atoms with Gasteiger partial charge in [-0.2, -0.15) is 5.26 Å². The zero-order valence-corrected chi connectivity index (χ0v) is 16.6. The molecule has 122 valence electrons. The normalized spacial score (nSPS) is 10.8. The molecule has 6 heteroatoms. The van der Waals surface area contributed by atoms with Crippen LogP contribution in [0.1, 0.15) is 12.5 Å². The van der Waals surface area contributed by atoms with Crippen molar-refractivity contribution in [1.29, 1.82) is 5.26 Å². The van der Waals surface area contributed by atoms with E-state index >= 15 is 0 Å². The Morgan fingerprint density at radius 2 is 2.17 bits per heavy atom. The summed E-state index contributed by atoms with van der Waals surface area (Å²) in [4.78, 5) is 12.3. The molecule has 0 fully saturated rings. The number of nitrogens with zero attached hydrogens (tertiary/aromatic N) is 1. The zero-order chi connectivity index (χ0) is 17.5. The van der Waals surface area contributed by atoms with Crippen molar-refractivity contribution in [2.45, 2.75) is 6.92 Å². The smallest absolute Gasteiger partial charge is 0.266 e. The SMILES string of the molecule is CCOc1ccc(C=C(C#N)C(=O)Nc2cccc(Br)c2)cc1I. The van der Waals surface area contributed by atoms with E-state index < -0.39 is 5.91 Å². The summed E-state index contributed by atoms with van der Waals surface area (Å²) in [6.07, 6.45) is 1.56. The number of hydrogen-bond acceptors (Lipinski definition) is 3. The van der Waals surface area contributed by atoms with Crippen LogP contribution in [0.5, 0.6) is 5.75 Å². The van der Waals surface area contributed by atoms with Crippen LogP contribution in [0.2, 0.25) is 0 Å². The maximum absolute atomic E-state index is 12.3. The second-order valence-electron chi connectivity index (χ2n) is 4.76. The van der Waals surface area contributed by atoms with Crippen molar-refractivity contribution in [3.8, 4) is 11.8 Å². The van der Waals surface area contributed by atoms with Crippen LogP contribution in [0.3, 0.4) is 0 Å². The molecule has 0 bridgehead atoms. The number of anilines is 1. The van der Waals surface area contributed by atoms with E-state index in [-0.39, 0.29) is 5.57 Å². The topological polar surface area (TPSA) is 62.1 Å². The van der Waals surface area contributed by atoms with E-state index in [1.54, 1.807) is 18.2 Å². The van der Waals surface area contributed by atoms with Crippen molar-refractivity contribution in [3.05, 3.63) is 61.6 Å². The number of carbonyl (C=O) groups is 1. The zero-order valence-electron chi connectivity index (χ0n) is 12.8. The summed E-state index contributed by atoms with van der Waals surface area (Å²) < 4.78 is 7.26. The minimum atomic E-state index is -0.445.